The Morgan fingerprint density at radius 1 is 0.957 bits per heavy atom. The Morgan fingerprint density at radius 3 is 2.04 bits per heavy atom. The number of aryl methyl sites for hydroxylation is 1. The Balaban J connectivity index is 1.80. The molecule has 4 atom stereocenters. The third-order valence-electron chi connectivity index (χ3n) is 5.81. The number of nitrogens with zero attached hydrogens (tertiary/aromatic N) is 1. The molecule has 1 aromatic rings. The molecule has 2 amide bonds. The number of amides is 2. The summed E-state index contributed by atoms with van der Waals surface area (Å²) in [6, 6.07) is 5.81. The minimum absolute atomic E-state index is 0.0238. The predicted octanol–water partition coefficient (Wildman–Crippen LogP) is 3.56. The molecular formula is C20H21NO2. The third-order valence-corrected chi connectivity index (χ3v) is 5.81. The van der Waals surface area contributed by atoms with E-state index in [0.29, 0.717) is 0 Å². The van der Waals surface area contributed by atoms with Gasteiger partial charge in [0.25, 0.3) is 0 Å². The lowest BCUT2D eigenvalue weighted by atomic mass is 9.85. The van der Waals surface area contributed by atoms with Gasteiger partial charge >= 0.3 is 0 Å². The normalized spacial score (nSPS) is 31.3. The number of hydrogen-bond donors (Lipinski definition) is 0. The van der Waals surface area contributed by atoms with Crippen molar-refractivity contribution in [2.24, 2.45) is 23.7 Å². The molecule has 0 radical (unpaired) electrons. The number of rotatable bonds is 1. The molecule has 3 nitrogen and oxygen atoms in total. The fourth-order valence-electron chi connectivity index (χ4n) is 4.65. The number of imide groups is 1. The van der Waals surface area contributed by atoms with Crippen molar-refractivity contribution in [1.29, 1.82) is 0 Å². The second kappa shape index (κ2) is 4.67. The van der Waals surface area contributed by atoms with Gasteiger partial charge in [0.15, 0.2) is 0 Å². The van der Waals surface area contributed by atoms with Crippen LogP contribution in [0.1, 0.15) is 25.0 Å². The van der Waals surface area contributed by atoms with Crippen molar-refractivity contribution in [3.05, 3.63) is 52.6 Å². The molecule has 0 unspecified atom stereocenters. The minimum Gasteiger partial charge on any atom is -0.274 e. The van der Waals surface area contributed by atoms with Crippen LogP contribution < -0.4 is 4.90 Å². The van der Waals surface area contributed by atoms with Crippen LogP contribution in [0.3, 0.4) is 0 Å². The summed E-state index contributed by atoms with van der Waals surface area (Å²) in [6.07, 6.45) is 4.26. The largest absolute Gasteiger partial charge is 0.274 e. The van der Waals surface area contributed by atoms with Crippen LogP contribution in [0, 0.1) is 37.5 Å². The van der Waals surface area contributed by atoms with Crippen molar-refractivity contribution >= 4 is 17.5 Å². The van der Waals surface area contributed by atoms with Crippen LogP contribution in [0.5, 0.6) is 0 Å². The Bertz CT molecular complexity index is 764. The molecular weight excluding hydrogens is 286 g/mol. The van der Waals surface area contributed by atoms with E-state index >= 15 is 0 Å². The predicted molar refractivity (Wildman–Crippen MR) is 89.9 cm³/mol. The van der Waals surface area contributed by atoms with E-state index in [1.807, 2.05) is 32.0 Å². The highest BCUT2D eigenvalue weighted by Crippen LogP contribution is 2.57. The molecule has 0 aromatic heterocycles. The first-order chi connectivity index (χ1) is 10.9. The standard InChI is InChI=1S/C20H21NO2/c1-10(2)16-13-8-9-14(16)18-17(13)19(22)21(20(18)23)15-7-5-6-11(3)12(15)4/h5-9,13-14,17-18H,1-4H3/t13-,14-,17-,18+/m0/s1. The zero-order valence-corrected chi connectivity index (χ0v) is 14.0. The average molecular weight is 307 g/mol. The van der Waals surface area contributed by atoms with E-state index in [4.69, 9.17) is 0 Å². The average Bonchev–Trinajstić information content (AvgIpc) is 3.13. The van der Waals surface area contributed by atoms with Crippen LogP contribution in [0.4, 0.5) is 5.69 Å². The van der Waals surface area contributed by atoms with Crippen molar-refractivity contribution in [3.63, 3.8) is 0 Å². The lowest BCUT2D eigenvalue weighted by Gasteiger charge is -2.21. The van der Waals surface area contributed by atoms with E-state index < -0.39 is 0 Å². The molecule has 1 saturated heterocycles. The highest BCUT2D eigenvalue weighted by Gasteiger charge is 2.62. The van der Waals surface area contributed by atoms with E-state index in [-0.39, 0.29) is 35.5 Å². The lowest BCUT2D eigenvalue weighted by molar-refractivity contribution is -0.122. The van der Waals surface area contributed by atoms with Gasteiger partial charge in [-0.2, -0.15) is 0 Å². The Morgan fingerprint density at radius 2 is 1.52 bits per heavy atom. The summed E-state index contributed by atoms with van der Waals surface area (Å²) in [6.45, 7) is 8.16. The molecule has 1 aromatic carbocycles. The highest BCUT2D eigenvalue weighted by atomic mass is 16.2. The molecule has 118 valence electrons. The van der Waals surface area contributed by atoms with Crippen LogP contribution in [-0.2, 0) is 9.59 Å². The fraction of sp³-hybridized carbons (Fsp3) is 0.400. The zero-order chi connectivity index (χ0) is 16.5. The maximum absolute atomic E-state index is 13.1. The highest BCUT2D eigenvalue weighted by molar-refractivity contribution is 6.23. The number of fused-ring (bicyclic) bond motifs is 5. The van der Waals surface area contributed by atoms with Crippen LogP contribution >= 0.6 is 0 Å². The van der Waals surface area contributed by atoms with Crippen LogP contribution in [-0.4, -0.2) is 11.8 Å². The summed E-state index contributed by atoms with van der Waals surface area (Å²) >= 11 is 0. The minimum atomic E-state index is -0.206. The first-order valence-corrected chi connectivity index (χ1v) is 8.23. The second-order valence-electron chi connectivity index (χ2n) is 7.17. The van der Waals surface area contributed by atoms with Gasteiger partial charge in [0.05, 0.1) is 17.5 Å². The van der Waals surface area contributed by atoms with E-state index in [1.165, 1.54) is 16.0 Å². The molecule has 2 aliphatic carbocycles. The van der Waals surface area contributed by atoms with Crippen molar-refractivity contribution < 1.29 is 9.59 Å². The monoisotopic (exact) mass is 307 g/mol. The van der Waals surface area contributed by atoms with Gasteiger partial charge in [-0.1, -0.05) is 35.4 Å². The van der Waals surface area contributed by atoms with Gasteiger partial charge in [0, 0.05) is 11.8 Å². The van der Waals surface area contributed by atoms with E-state index in [9.17, 15) is 9.59 Å². The summed E-state index contributed by atoms with van der Waals surface area (Å²) in [5.41, 5.74) is 5.41. The lowest BCUT2D eigenvalue weighted by Crippen LogP contribution is -2.34. The van der Waals surface area contributed by atoms with Gasteiger partial charge in [-0.05, 0) is 44.9 Å². The SMILES string of the molecule is CC(C)=C1[C@@H]2C=C[C@@H]1[C@H]1C(=O)N(c3cccc(C)c3C)C(=O)[C@H]12. The van der Waals surface area contributed by atoms with Gasteiger partial charge in [0.1, 0.15) is 0 Å². The maximum Gasteiger partial charge on any atom is 0.238 e. The van der Waals surface area contributed by atoms with E-state index in [2.05, 4.69) is 26.0 Å². The van der Waals surface area contributed by atoms with Crippen molar-refractivity contribution in [1.82, 2.24) is 0 Å². The van der Waals surface area contributed by atoms with Gasteiger partial charge < -0.3 is 0 Å². The number of carbonyl (C=O) groups is 2. The van der Waals surface area contributed by atoms with Crippen molar-refractivity contribution in [2.45, 2.75) is 27.7 Å². The molecule has 4 rings (SSSR count). The van der Waals surface area contributed by atoms with Gasteiger partial charge in [-0.15, -0.1) is 0 Å². The molecule has 0 spiro atoms. The molecule has 3 heteroatoms. The fourth-order valence-corrected chi connectivity index (χ4v) is 4.65. The topological polar surface area (TPSA) is 37.4 Å². The maximum atomic E-state index is 13.1. The van der Waals surface area contributed by atoms with Gasteiger partial charge in [0.2, 0.25) is 11.8 Å². The molecule has 2 fully saturated rings. The smallest absolute Gasteiger partial charge is 0.238 e. The molecule has 23 heavy (non-hydrogen) atoms. The first-order valence-electron chi connectivity index (χ1n) is 8.23. The quantitative estimate of drug-likeness (QED) is 0.587. The Kier molecular flexibility index (Phi) is 2.93. The van der Waals surface area contributed by atoms with E-state index in [1.54, 1.807) is 0 Å². The number of hydrogen-bond acceptors (Lipinski definition) is 2. The molecule has 1 heterocycles. The van der Waals surface area contributed by atoms with E-state index in [0.717, 1.165) is 16.8 Å². The molecule has 1 aliphatic heterocycles. The van der Waals surface area contributed by atoms with Crippen LogP contribution in [0.25, 0.3) is 0 Å². The van der Waals surface area contributed by atoms with Gasteiger partial charge in [-0.3, -0.25) is 9.59 Å². The zero-order valence-electron chi connectivity index (χ0n) is 14.0. The summed E-state index contributed by atoms with van der Waals surface area (Å²) < 4.78 is 0. The Hall–Kier alpha value is -2.16. The number of benzene rings is 1. The molecule has 2 bridgehead atoms. The number of anilines is 1. The number of carbonyl (C=O) groups excluding carboxylic acids is 2. The van der Waals surface area contributed by atoms with Crippen LogP contribution in [0.15, 0.2) is 41.5 Å². The van der Waals surface area contributed by atoms with Crippen LogP contribution in [0.2, 0.25) is 0 Å². The molecule has 0 N–H and O–H groups in total. The summed E-state index contributed by atoms with van der Waals surface area (Å²) in [5, 5.41) is 0. The summed E-state index contributed by atoms with van der Waals surface area (Å²) in [4.78, 5) is 27.6. The molecule has 1 saturated carbocycles. The second-order valence-corrected chi connectivity index (χ2v) is 7.17. The first kappa shape index (κ1) is 14.4. The van der Waals surface area contributed by atoms with Gasteiger partial charge in [-0.25, -0.2) is 4.90 Å². The summed E-state index contributed by atoms with van der Waals surface area (Å²) in [7, 11) is 0. The third kappa shape index (κ3) is 1.71. The number of allylic oxidation sites excluding steroid dienone is 4. The summed E-state index contributed by atoms with van der Waals surface area (Å²) in [5.74, 6) is -0.235. The Labute approximate surface area is 136 Å². The van der Waals surface area contributed by atoms with Crippen molar-refractivity contribution in [2.75, 3.05) is 4.90 Å². The molecule has 3 aliphatic rings. The van der Waals surface area contributed by atoms with Crippen molar-refractivity contribution in [3.8, 4) is 0 Å².